The van der Waals surface area contributed by atoms with Gasteiger partial charge in [-0.2, -0.15) is 0 Å². The van der Waals surface area contributed by atoms with Gasteiger partial charge in [0.15, 0.2) is 0 Å². The zero-order valence-electron chi connectivity index (χ0n) is 12.1. The molecule has 104 valence electrons. The first-order chi connectivity index (χ1) is 8.49. The maximum Gasteiger partial charge on any atom is 0.226 e. The maximum absolute atomic E-state index is 12.7. The minimum absolute atomic E-state index is 0.171. The van der Waals surface area contributed by atoms with Gasteiger partial charge in [0.25, 0.3) is 0 Å². The minimum atomic E-state index is 0.171. The Morgan fingerprint density at radius 1 is 1.11 bits per heavy atom. The molecule has 0 aromatic rings. The summed E-state index contributed by atoms with van der Waals surface area (Å²) in [5, 5.41) is 0. The summed E-state index contributed by atoms with van der Waals surface area (Å²) in [7, 11) is 0. The number of nitrogens with two attached hydrogens (primary N) is 1. The molecular weight excluding hydrogens is 224 g/mol. The van der Waals surface area contributed by atoms with Gasteiger partial charge in [-0.25, -0.2) is 0 Å². The smallest absolute Gasteiger partial charge is 0.226 e. The third kappa shape index (κ3) is 2.87. The van der Waals surface area contributed by atoms with Gasteiger partial charge in [0.2, 0.25) is 5.91 Å². The van der Waals surface area contributed by atoms with Crippen LogP contribution in [-0.2, 0) is 4.79 Å². The van der Waals surface area contributed by atoms with Crippen LogP contribution in [0.4, 0.5) is 0 Å². The number of piperidine rings is 1. The Bertz CT molecular complexity index is 305. The summed E-state index contributed by atoms with van der Waals surface area (Å²) in [4.78, 5) is 14.8. The Morgan fingerprint density at radius 3 is 2.50 bits per heavy atom. The monoisotopic (exact) mass is 252 g/mol. The molecule has 2 aliphatic rings. The number of hydrogen-bond donors (Lipinski definition) is 1. The Balaban J connectivity index is 2.01. The number of nitrogens with zero attached hydrogens (tertiary/aromatic N) is 1. The molecule has 1 aliphatic heterocycles. The lowest BCUT2D eigenvalue weighted by Gasteiger charge is -2.41. The van der Waals surface area contributed by atoms with Gasteiger partial charge in [-0.15, -0.1) is 0 Å². The average molecular weight is 252 g/mol. The summed E-state index contributed by atoms with van der Waals surface area (Å²) in [5.74, 6) is 1.81. The van der Waals surface area contributed by atoms with Crippen molar-refractivity contribution < 1.29 is 4.79 Å². The van der Waals surface area contributed by atoms with Crippen molar-refractivity contribution in [2.24, 2.45) is 23.5 Å². The first-order valence-electron chi connectivity index (χ1n) is 7.55. The van der Waals surface area contributed by atoms with Crippen LogP contribution in [0.25, 0.3) is 0 Å². The summed E-state index contributed by atoms with van der Waals surface area (Å²) in [6, 6.07) is 0.640. The number of likely N-dealkylation sites (tertiary alicyclic amines) is 1. The number of amides is 1. The van der Waals surface area contributed by atoms with Crippen molar-refractivity contribution in [3.63, 3.8) is 0 Å². The largest absolute Gasteiger partial charge is 0.340 e. The Kier molecular flexibility index (Phi) is 4.31. The van der Waals surface area contributed by atoms with Crippen LogP contribution < -0.4 is 5.73 Å². The van der Waals surface area contributed by atoms with E-state index in [9.17, 15) is 4.79 Å². The molecule has 1 saturated heterocycles. The molecule has 3 heteroatoms. The van der Waals surface area contributed by atoms with Crippen LogP contribution in [0.15, 0.2) is 0 Å². The van der Waals surface area contributed by atoms with Crippen molar-refractivity contribution in [1.29, 1.82) is 0 Å². The first-order valence-corrected chi connectivity index (χ1v) is 7.55. The van der Waals surface area contributed by atoms with E-state index in [-0.39, 0.29) is 12.0 Å². The third-order valence-corrected chi connectivity index (χ3v) is 4.97. The van der Waals surface area contributed by atoms with Crippen LogP contribution in [0.5, 0.6) is 0 Å². The molecule has 0 radical (unpaired) electrons. The highest BCUT2D eigenvalue weighted by molar-refractivity contribution is 5.79. The SMILES string of the molecule is CC1CCN(C(=O)C2CC(N)CCC2C)C(C)C1. The zero-order chi connectivity index (χ0) is 13.3. The van der Waals surface area contributed by atoms with Gasteiger partial charge in [-0.3, -0.25) is 4.79 Å². The van der Waals surface area contributed by atoms with Gasteiger partial charge < -0.3 is 10.6 Å². The fourth-order valence-electron chi connectivity index (χ4n) is 3.65. The summed E-state index contributed by atoms with van der Waals surface area (Å²) in [5.41, 5.74) is 6.04. The van der Waals surface area contributed by atoms with E-state index < -0.39 is 0 Å². The first kappa shape index (κ1) is 13.9. The van der Waals surface area contributed by atoms with Crippen LogP contribution in [-0.4, -0.2) is 29.4 Å². The lowest BCUT2D eigenvalue weighted by molar-refractivity contribution is -0.142. The molecule has 2 fully saturated rings. The quantitative estimate of drug-likeness (QED) is 0.779. The van der Waals surface area contributed by atoms with E-state index in [1.54, 1.807) is 0 Å². The van der Waals surface area contributed by atoms with E-state index in [1.165, 1.54) is 0 Å². The van der Waals surface area contributed by atoms with Gasteiger partial charge in [-0.1, -0.05) is 13.8 Å². The highest BCUT2D eigenvalue weighted by atomic mass is 16.2. The second-order valence-electron chi connectivity index (χ2n) is 6.67. The van der Waals surface area contributed by atoms with Crippen molar-refractivity contribution in [2.75, 3.05) is 6.54 Å². The van der Waals surface area contributed by atoms with Crippen molar-refractivity contribution in [3.8, 4) is 0 Å². The lowest BCUT2D eigenvalue weighted by Crippen LogP contribution is -2.50. The van der Waals surface area contributed by atoms with Crippen LogP contribution in [0.1, 0.15) is 52.9 Å². The standard InChI is InChI=1S/C15H28N2O/c1-10-6-7-17(12(3)8-10)15(18)14-9-13(16)5-4-11(14)2/h10-14H,4-9,16H2,1-3H3. The molecule has 1 amide bonds. The predicted octanol–water partition coefficient (Wildman–Crippen LogP) is 2.40. The fraction of sp³-hybridized carbons (Fsp3) is 0.933. The Hall–Kier alpha value is -0.570. The Labute approximate surface area is 111 Å². The molecule has 0 spiro atoms. The van der Waals surface area contributed by atoms with Crippen molar-refractivity contribution >= 4 is 5.91 Å². The second-order valence-corrected chi connectivity index (χ2v) is 6.67. The molecule has 5 unspecified atom stereocenters. The summed E-state index contributed by atoms with van der Waals surface area (Å²) >= 11 is 0. The van der Waals surface area contributed by atoms with Crippen LogP contribution in [0.3, 0.4) is 0 Å². The van der Waals surface area contributed by atoms with E-state index in [0.29, 0.717) is 17.9 Å². The van der Waals surface area contributed by atoms with Crippen molar-refractivity contribution in [3.05, 3.63) is 0 Å². The van der Waals surface area contributed by atoms with Crippen LogP contribution >= 0.6 is 0 Å². The Morgan fingerprint density at radius 2 is 1.83 bits per heavy atom. The highest BCUT2D eigenvalue weighted by Crippen LogP contribution is 2.33. The van der Waals surface area contributed by atoms with Gasteiger partial charge in [0.05, 0.1) is 0 Å². The van der Waals surface area contributed by atoms with E-state index in [4.69, 9.17) is 5.73 Å². The van der Waals surface area contributed by atoms with Gasteiger partial charge in [-0.05, 0) is 50.9 Å². The van der Waals surface area contributed by atoms with E-state index >= 15 is 0 Å². The van der Waals surface area contributed by atoms with E-state index in [0.717, 1.165) is 44.6 Å². The van der Waals surface area contributed by atoms with Crippen LogP contribution in [0, 0.1) is 17.8 Å². The number of hydrogen-bond acceptors (Lipinski definition) is 2. The van der Waals surface area contributed by atoms with Gasteiger partial charge >= 0.3 is 0 Å². The van der Waals surface area contributed by atoms with Crippen molar-refractivity contribution in [2.45, 2.75) is 65.0 Å². The molecule has 3 nitrogen and oxygen atoms in total. The summed E-state index contributed by atoms with van der Waals surface area (Å²) in [6.45, 7) is 7.64. The highest BCUT2D eigenvalue weighted by Gasteiger charge is 2.36. The molecule has 5 atom stereocenters. The number of carbonyl (C=O) groups is 1. The summed E-state index contributed by atoms with van der Waals surface area (Å²) < 4.78 is 0. The molecule has 0 aromatic carbocycles. The van der Waals surface area contributed by atoms with Gasteiger partial charge in [0, 0.05) is 24.5 Å². The number of rotatable bonds is 1. The topological polar surface area (TPSA) is 46.3 Å². The normalized spacial score (nSPS) is 41.8. The lowest BCUT2D eigenvalue weighted by atomic mass is 9.77. The average Bonchev–Trinajstić information content (AvgIpc) is 2.31. The number of carbonyl (C=O) groups excluding carboxylic acids is 1. The van der Waals surface area contributed by atoms with E-state index in [2.05, 4.69) is 25.7 Å². The molecule has 2 rings (SSSR count). The molecule has 1 heterocycles. The predicted molar refractivity (Wildman–Crippen MR) is 74.1 cm³/mol. The molecule has 0 bridgehead atoms. The molecule has 2 N–H and O–H groups in total. The van der Waals surface area contributed by atoms with Gasteiger partial charge in [0.1, 0.15) is 0 Å². The zero-order valence-corrected chi connectivity index (χ0v) is 12.1. The summed E-state index contributed by atoms with van der Waals surface area (Å²) in [6.07, 6.45) is 5.38. The fourth-order valence-corrected chi connectivity index (χ4v) is 3.65. The molecule has 1 saturated carbocycles. The minimum Gasteiger partial charge on any atom is -0.340 e. The molecule has 1 aliphatic carbocycles. The third-order valence-electron chi connectivity index (χ3n) is 4.97. The molecular formula is C15H28N2O. The molecule has 18 heavy (non-hydrogen) atoms. The van der Waals surface area contributed by atoms with Crippen LogP contribution in [0.2, 0.25) is 0 Å². The van der Waals surface area contributed by atoms with E-state index in [1.807, 2.05) is 0 Å². The van der Waals surface area contributed by atoms with Crippen molar-refractivity contribution in [1.82, 2.24) is 4.90 Å². The maximum atomic E-state index is 12.7. The second kappa shape index (κ2) is 5.60. The molecule has 0 aromatic heterocycles.